The van der Waals surface area contributed by atoms with E-state index in [1.807, 2.05) is 12.1 Å². The molecule has 4 heteroatoms. The second-order valence-electron chi connectivity index (χ2n) is 3.23. The van der Waals surface area contributed by atoms with Crippen molar-refractivity contribution in [1.82, 2.24) is 4.98 Å². The predicted octanol–water partition coefficient (Wildman–Crippen LogP) is 2.38. The lowest BCUT2D eigenvalue weighted by Crippen LogP contribution is -2.05. The number of hydrogen-bond donors (Lipinski definition) is 2. The van der Waals surface area contributed by atoms with Gasteiger partial charge in [-0.05, 0) is 30.0 Å². The van der Waals surface area contributed by atoms with Crippen LogP contribution in [-0.2, 0) is 6.42 Å². The fraction of sp³-hybridized carbons (Fsp3) is 0.182. The minimum absolute atomic E-state index is 0.693. The molecular weight excluding hydrogens is 206 g/mol. The number of rotatable bonds is 4. The third kappa shape index (κ3) is 2.95. The summed E-state index contributed by atoms with van der Waals surface area (Å²) in [5, 5.41) is 5.34. The van der Waals surface area contributed by atoms with Crippen LogP contribution in [0.4, 0.5) is 11.5 Å². The van der Waals surface area contributed by atoms with Crippen LogP contribution >= 0.6 is 11.3 Å². The van der Waals surface area contributed by atoms with Crippen LogP contribution in [0, 0.1) is 0 Å². The van der Waals surface area contributed by atoms with Crippen LogP contribution < -0.4 is 11.1 Å². The Labute approximate surface area is 93.0 Å². The van der Waals surface area contributed by atoms with Crippen molar-refractivity contribution in [1.29, 1.82) is 0 Å². The number of nitrogen functional groups attached to an aromatic ring is 1. The maximum Gasteiger partial charge on any atom is 0.126 e. The predicted molar refractivity (Wildman–Crippen MR) is 65.2 cm³/mol. The first-order valence-corrected chi connectivity index (χ1v) is 5.70. The Kier molecular flexibility index (Phi) is 3.19. The Morgan fingerprint density at radius 1 is 1.33 bits per heavy atom. The first kappa shape index (κ1) is 9.98. The van der Waals surface area contributed by atoms with E-state index in [0.29, 0.717) is 5.69 Å². The van der Waals surface area contributed by atoms with Gasteiger partial charge in [-0.3, -0.25) is 0 Å². The van der Waals surface area contributed by atoms with Crippen molar-refractivity contribution in [3.8, 4) is 0 Å². The third-order valence-corrected chi connectivity index (χ3v) is 2.98. The molecule has 2 rings (SSSR count). The number of anilines is 2. The van der Waals surface area contributed by atoms with Gasteiger partial charge in [0.05, 0.1) is 11.9 Å². The summed E-state index contributed by atoms with van der Waals surface area (Å²) >= 11 is 1.78. The molecule has 0 radical (unpaired) electrons. The van der Waals surface area contributed by atoms with E-state index < -0.39 is 0 Å². The van der Waals surface area contributed by atoms with Crippen LogP contribution in [0.15, 0.2) is 35.8 Å². The quantitative estimate of drug-likeness (QED) is 0.830. The molecule has 15 heavy (non-hydrogen) atoms. The molecule has 0 atom stereocenters. The van der Waals surface area contributed by atoms with Crippen molar-refractivity contribution >= 4 is 22.8 Å². The molecule has 0 spiro atoms. The number of aromatic nitrogens is 1. The highest BCUT2D eigenvalue weighted by Crippen LogP contribution is 2.10. The van der Waals surface area contributed by atoms with Gasteiger partial charge in [0.25, 0.3) is 0 Å². The lowest BCUT2D eigenvalue weighted by molar-refractivity contribution is 1.03. The SMILES string of the molecule is Nc1ccc(NCCc2cccs2)nc1. The maximum absolute atomic E-state index is 5.54. The summed E-state index contributed by atoms with van der Waals surface area (Å²) in [6.45, 7) is 0.900. The monoisotopic (exact) mass is 219 g/mol. The molecule has 0 aliphatic rings. The molecule has 78 valence electrons. The van der Waals surface area contributed by atoms with Crippen molar-refractivity contribution in [3.05, 3.63) is 40.7 Å². The molecule has 2 aromatic rings. The van der Waals surface area contributed by atoms with Crippen LogP contribution in [0.1, 0.15) is 4.88 Å². The second kappa shape index (κ2) is 4.79. The lowest BCUT2D eigenvalue weighted by atomic mass is 10.3. The molecule has 0 saturated carbocycles. The van der Waals surface area contributed by atoms with E-state index in [4.69, 9.17) is 5.73 Å². The first-order valence-electron chi connectivity index (χ1n) is 4.82. The minimum Gasteiger partial charge on any atom is -0.397 e. The molecule has 0 unspecified atom stereocenters. The van der Waals surface area contributed by atoms with E-state index >= 15 is 0 Å². The van der Waals surface area contributed by atoms with Crippen molar-refractivity contribution in [2.75, 3.05) is 17.6 Å². The average molecular weight is 219 g/mol. The molecular formula is C11H13N3S. The minimum atomic E-state index is 0.693. The van der Waals surface area contributed by atoms with Crippen LogP contribution in [0.3, 0.4) is 0 Å². The van der Waals surface area contributed by atoms with E-state index in [-0.39, 0.29) is 0 Å². The Bertz CT molecular complexity index is 394. The number of nitrogens with one attached hydrogen (secondary N) is 1. The van der Waals surface area contributed by atoms with Crippen molar-refractivity contribution < 1.29 is 0 Å². The first-order chi connectivity index (χ1) is 7.34. The van der Waals surface area contributed by atoms with E-state index in [1.165, 1.54) is 4.88 Å². The van der Waals surface area contributed by atoms with E-state index in [0.717, 1.165) is 18.8 Å². The molecule has 0 fully saturated rings. The molecule has 0 bridgehead atoms. The summed E-state index contributed by atoms with van der Waals surface area (Å²) in [6, 6.07) is 7.95. The zero-order valence-electron chi connectivity index (χ0n) is 8.31. The Hall–Kier alpha value is -1.55. The highest BCUT2D eigenvalue weighted by molar-refractivity contribution is 7.09. The largest absolute Gasteiger partial charge is 0.397 e. The van der Waals surface area contributed by atoms with Gasteiger partial charge in [-0.25, -0.2) is 4.98 Å². The molecule has 2 heterocycles. The summed E-state index contributed by atoms with van der Waals surface area (Å²) < 4.78 is 0. The topological polar surface area (TPSA) is 50.9 Å². The molecule has 0 aromatic carbocycles. The molecule has 0 amide bonds. The normalized spacial score (nSPS) is 10.1. The van der Waals surface area contributed by atoms with Gasteiger partial charge in [0, 0.05) is 11.4 Å². The van der Waals surface area contributed by atoms with Crippen molar-refractivity contribution in [2.24, 2.45) is 0 Å². The number of hydrogen-bond acceptors (Lipinski definition) is 4. The Morgan fingerprint density at radius 2 is 2.27 bits per heavy atom. The third-order valence-electron chi connectivity index (χ3n) is 2.04. The fourth-order valence-electron chi connectivity index (χ4n) is 1.28. The molecule has 2 aromatic heterocycles. The summed E-state index contributed by atoms with van der Waals surface area (Å²) in [5.41, 5.74) is 6.24. The molecule has 0 aliphatic heterocycles. The van der Waals surface area contributed by atoms with Crippen LogP contribution in [0.25, 0.3) is 0 Å². The maximum atomic E-state index is 5.54. The summed E-state index contributed by atoms with van der Waals surface area (Å²) in [5.74, 6) is 0.876. The zero-order chi connectivity index (χ0) is 10.5. The van der Waals surface area contributed by atoms with Gasteiger partial charge in [0.15, 0.2) is 0 Å². The van der Waals surface area contributed by atoms with Gasteiger partial charge in [-0.1, -0.05) is 6.07 Å². The molecule has 0 saturated heterocycles. The summed E-state index contributed by atoms with van der Waals surface area (Å²) in [4.78, 5) is 5.55. The Morgan fingerprint density at radius 3 is 2.93 bits per heavy atom. The van der Waals surface area contributed by atoms with Gasteiger partial charge in [0.2, 0.25) is 0 Å². The number of nitrogens with zero attached hydrogens (tertiary/aromatic N) is 1. The van der Waals surface area contributed by atoms with E-state index in [1.54, 1.807) is 17.5 Å². The van der Waals surface area contributed by atoms with E-state index in [9.17, 15) is 0 Å². The van der Waals surface area contributed by atoms with Crippen LogP contribution in [0.5, 0.6) is 0 Å². The van der Waals surface area contributed by atoms with Crippen molar-refractivity contribution in [2.45, 2.75) is 6.42 Å². The standard InChI is InChI=1S/C11H13N3S/c12-9-3-4-11(14-8-9)13-6-5-10-2-1-7-15-10/h1-4,7-8H,5-6,12H2,(H,13,14). The number of pyridine rings is 1. The summed E-state index contributed by atoms with van der Waals surface area (Å²) in [7, 11) is 0. The van der Waals surface area contributed by atoms with Gasteiger partial charge in [-0.15, -0.1) is 11.3 Å². The van der Waals surface area contributed by atoms with Crippen molar-refractivity contribution in [3.63, 3.8) is 0 Å². The Balaban J connectivity index is 1.81. The molecule has 3 nitrogen and oxygen atoms in total. The number of thiophene rings is 1. The number of nitrogens with two attached hydrogens (primary N) is 1. The average Bonchev–Trinajstić information content (AvgIpc) is 2.74. The van der Waals surface area contributed by atoms with Gasteiger partial charge < -0.3 is 11.1 Å². The second-order valence-corrected chi connectivity index (χ2v) is 4.27. The zero-order valence-corrected chi connectivity index (χ0v) is 9.13. The fourth-order valence-corrected chi connectivity index (χ4v) is 1.99. The van der Waals surface area contributed by atoms with Gasteiger partial charge in [-0.2, -0.15) is 0 Å². The highest BCUT2D eigenvalue weighted by Gasteiger charge is 1.95. The molecule has 0 aliphatic carbocycles. The van der Waals surface area contributed by atoms with Gasteiger partial charge >= 0.3 is 0 Å². The van der Waals surface area contributed by atoms with Crippen LogP contribution in [-0.4, -0.2) is 11.5 Å². The van der Waals surface area contributed by atoms with E-state index in [2.05, 4.69) is 27.8 Å². The smallest absolute Gasteiger partial charge is 0.126 e. The highest BCUT2D eigenvalue weighted by atomic mass is 32.1. The van der Waals surface area contributed by atoms with Crippen LogP contribution in [0.2, 0.25) is 0 Å². The summed E-state index contributed by atoms with van der Waals surface area (Å²) in [6.07, 6.45) is 2.69. The molecule has 3 N–H and O–H groups in total. The lowest BCUT2D eigenvalue weighted by Gasteiger charge is -2.04. The van der Waals surface area contributed by atoms with Gasteiger partial charge in [0.1, 0.15) is 5.82 Å².